The van der Waals surface area contributed by atoms with Crippen LogP contribution in [0.25, 0.3) is 0 Å². The van der Waals surface area contributed by atoms with Crippen molar-refractivity contribution in [2.45, 2.75) is 12.7 Å². The van der Waals surface area contributed by atoms with Crippen molar-refractivity contribution in [3.8, 4) is 0 Å². The fourth-order valence-electron chi connectivity index (χ4n) is 2.63. The van der Waals surface area contributed by atoms with Crippen LogP contribution >= 0.6 is 0 Å². The summed E-state index contributed by atoms with van der Waals surface area (Å²) in [6.45, 7) is 3.24. The van der Waals surface area contributed by atoms with Gasteiger partial charge >= 0.3 is 6.18 Å². The first-order chi connectivity index (χ1) is 10.8. The first-order valence-corrected chi connectivity index (χ1v) is 7.21. The zero-order valence-corrected chi connectivity index (χ0v) is 12.4. The third-order valence-electron chi connectivity index (χ3n) is 3.88. The molecule has 1 fully saturated rings. The summed E-state index contributed by atoms with van der Waals surface area (Å²) in [5.41, 5.74) is -1.47. The molecule has 1 N–H and O–H groups in total. The van der Waals surface area contributed by atoms with Gasteiger partial charge in [0.25, 0.3) is 5.69 Å². The summed E-state index contributed by atoms with van der Waals surface area (Å²) in [6.07, 6.45) is -4.62. The molecular formula is C14H18F3N3O3. The second kappa shape index (κ2) is 7.24. The van der Waals surface area contributed by atoms with E-state index in [1.165, 1.54) is 6.07 Å². The lowest BCUT2D eigenvalue weighted by Gasteiger charge is -2.34. The van der Waals surface area contributed by atoms with Gasteiger partial charge in [0.05, 0.1) is 17.1 Å². The summed E-state index contributed by atoms with van der Waals surface area (Å²) < 4.78 is 39.4. The van der Waals surface area contributed by atoms with Gasteiger partial charge in [-0.25, -0.2) is 0 Å². The maximum absolute atomic E-state index is 13.1. The van der Waals surface area contributed by atoms with E-state index in [0.29, 0.717) is 38.8 Å². The van der Waals surface area contributed by atoms with Crippen LogP contribution in [0.3, 0.4) is 0 Å². The molecule has 0 saturated carbocycles. The molecule has 23 heavy (non-hydrogen) atoms. The lowest BCUT2D eigenvalue weighted by molar-refractivity contribution is -0.385. The van der Waals surface area contributed by atoms with Crippen molar-refractivity contribution in [1.29, 1.82) is 0 Å². The Balaban J connectivity index is 2.12. The van der Waals surface area contributed by atoms with Crippen LogP contribution in [0.5, 0.6) is 0 Å². The number of halogens is 3. The van der Waals surface area contributed by atoms with Crippen LogP contribution in [-0.2, 0) is 12.7 Å². The molecular weight excluding hydrogens is 315 g/mol. The third-order valence-corrected chi connectivity index (χ3v) is 3.88. The molecule has 2 rings (SSSR count). The quantitative estimate of drug-likeness (QED) is 0.656. The molecule has 0 aromatic heterocycles. The van der Waals surface area contributed by atoms with Crippen LogP contribution in [0, 0.1) is 10.1 Å². The van der Waals surface area contributed by atoms with E-state index in [-0.39, 0.29) is 18.7 Å². The van der Waals surface area contributed by atoms with Gasteiger partial charge in [-0.3, -0.25) is 19.9 Å². The minimum atomic E-state index is -4.62. The highest BCUT2D eigenvalue weighted by Gasteiger charge is 2.35. The number of piperazine rings is 1. The Kier molecular flexibility index (Phi) is 5.55. The highest BCUT2D eigenvalue weighted by molar-refractivity contribution is 5.41. The Bertz CT molecular complexity index is 558. The van der Waals surface area contributed by atoms with Crippen molar-refractivity contribution < 1.29 is 23.2 Å². The monoisotopic (exact) mass is 333 g/mol. The van der Waals surface area contributed by atoms with Gasteiger partial charge in [-0.2, -0.15) is 13.2 Å². The fourth-order valence-corrected chi connectivity index (χ4v) is 2.63. The van der Waals surface area contributed by atoms with E-state index < -0.39 is 22.4 Å². The van der Waals surface area contributed by atoms with E-state index in [1.54, 1.807) is 0 Å². The average Bonchev–Trinajstić information content (AvgIpc) is 2.48. The van der Waals surface area contributed by atoms with E-state index in [1.807, 2.05) is 9.80 Å². The van der Waals surface area contributed by atoms with Crippen LogP contribution < -0.4 is 0 Å². The molecule has 1 aliphatic heterocycles. The topological polar surface area (TPSA) is 69.9 Å². The Labute approximate surface area is 131 Å². The summed E-state index contributed by atoms with van der Waals surface area (Å²) in [4.78, 5) is 13.8. The number of non-ortho nitro benzene ring substituents is 1. The van der Waals surface area contributed by atoms with E-state index >= 15 is 0 Å². The molecule has 9 heteroatoms. The number of hydrogen-bond acceptors (Lipinski definition) is 5. The molecule has 0 radical (unpaired) electrons. The smallest absolute Gasteiger partial charge is 0.395 e. The number of nitro groups is 1. The Hall–Kier alpha value is -1.71. The first-order valence-electron chi connectivity index (χ1n) is 7.21. The summed E-state index contributed by atoms with van der Waals surface area (Å²) in [5.74, 6) is 0. The van der Waals surface area contributed by atoms with Gasteiger partial charge in [-0.15, -0.1) is 0 Å². The van der Waals surface area contributed by atoms with Gasteiger partial charge in [0.1, 0.15) is 0 Å². The molecule has 1 aromatic rings. The maximum atomic E-state index is 13.1. The number of hydrogen-bond donors (Lipinski definition) is 1. The van der Waals surface area contributed by atoms with Gasteiger partial charge < -0.3 is 5.11 Å². The number of nitrogens with zero attached hydrogens (tertiary/aromatic N) is 3. The van der Waals surface area contributed by atoms with E-state index in [9.17, 15) is 23.3 Å². The van der Waals surface area contributed by atoms with Crippen LogP contribution in [-0.4, -0.2) is 59.2 Å². The number of aliphatic hydroxyl groups excluding tert-OH is 1. The summed E-state index contributed by atoms with van der Waals surface area (Å²) in [6, 6.07) is 2.88. The van der Waals surface area contributed by atoms with Gasteiger partial charge in [-0.05, 0) is 5.56 Å². The maximum Gasteiger partial charge on any atom is 0.416 e. The van der Waals surface area contributed by atoms with Crippen LogP contribution in [0.2, 0.25) is 0 Å². The molecule has 1 heterocycles. The second-order valence-electron chi connectivity index (χ2n) is 5.44. The molecule has 0 spiro atoms. The number of nitro benzene ring substituents is 1. The van der Waals surface area contributed by atoms with E-state index in [0.717, 1.165) is 6.07 Å². The van der Waals surface area contributed by atoms with E-state index in [4.69, 9.17) is 5.11 Å². The molecule has 6 nitrogen and oxygen atoms in total. The fraction of sp³-hybridized carbons (Fsp3) is 0.571. The summed E-state index contributed by atoms with van der Waals surface area (Å²) in [7, 11) is 0. The predicted molar refractivity (Wildman–Crippen MR) is 76.9 cm³/mol. The molecule has 0 unspecified atom stereocenters. The van der Waals surface area contributed by atoms with Crippen molar-refractivity contribution in [1.82, 2.24) is 9.80 Å². The Morgan fingerprint density at radius 3 is 2.30 bits per heavy atom. The van der Waals surface area contributed by atoms with Crippen molar-refractivity contribution in [3.63, 3.8) is 0 Å². The molecule has 1 aliphatic rings. The van der Waals surface area contributed by atoms with Crippen molar-refractivity contribution in [2.75, 3.05) is 39.3 Å². The lowest BCUT2D eigenvalue weighted by Crippen LogP contribution is -2.46. The number of β-amino-alcohol motifs (C(OH)–C–C–N with tert-alkyl or cyclic N) is 1. The van der Waals surface area contributed by atoms with Crippen molar-refractivity contribution in [2.24, 2.45) is 0 Å². The average molecular weight is 333 g/mol. The minimum absolute atomic E-state index is 0.0405. The number of benzene rings is 1. The summed E-state index contributed by atoms with van der Waals surface area (Å²) >= 11 is 0. The van der Waals surface area contributed by atoms with Crippen LogP contribution in [0.15, 0.2) is 18.2 Å². The molecule has 128 valence electrons. The SMILES string of the molecule is O=[N+]([O-])c1ccc(CN2CCN(CCO)CC2)c(C(F)(F)F)c1. The highest BCUT2D eigenvalue weighted by atomic mass is 19.4. The van der Waals surface area contributed by atoms with Crippen molar-refractivity contribution in [3.05, 3.63) is 39.4 Å². The molecule has 0 amide bonds. The molecule has 1 saturated heterocycles. The molecule has 0 bridgehead atoms. The lowest BCUT2D eigenvalue weighted by atomic mass is 10.0. The normalized spacial score (nSPS) is 17.4. The predicted octanol–water partition coefficient (Wildman–Crippen LogP) is 1.72. The van der Waals surface area contributed by atoms with Crippen LogP contribution in [0.1, 0.15) is 11.1 Å². The zero-order valence-electron chi connectivity index (χ0n) is 12.4. The van der Waals surface area contributed by atoms with Gasteiger partial charge in [0, 0.05) is 51.4 Å². The standard InChI is InChI=1S/C14H18F3N3O3/c15-14(16,17)13-9-12(20(22)23)2-1-11(13)10-19-5-3-18(4-6-19)7-8-21/h1-2,9,21H,3-8,10H2. The summed E-state index contributed by atoms with van der Waals surface area (Å²) in [5, 5.41) is 19.6. The van der Waals surface area contributed by atoms with Crippen LogP contribution in [0.4, 0.5) is 18.9 Å². The molecule has 0 atom stereocenters. The number of rotatable bonds is 5. The Morgan fingerprint density at radius 2 is 1.78 bits per heavy atom. The zero-order chi connectivity index (χ0) is 17.0. The third kappa shape index (κ3) is 4.63. The first kappa shape index (κ1) is 17.6. The highest BCUT2D eigenvalue weighted by Crippen LogP contribution is 2.35. The van der Waals surface area contributed by atoms with Gasteiger partial charge in [0.15, 0.2) is 0 Å². The number of aliphatic hydroxyl groups is 1. The van der Waals surface area contributed by atoms with Gasteiger partial charge in [0.2, 0.25) is 0 Å². The Morgan fingerprint density at radius 1 is 1.17 bits per heavy atom. The second-order valence-corrected chi connectivity index (χ2v) is 5.44. The minimum Gasteiger partial charge on any atom is -0.395 e. The van der Waals surface area contributed by atoms with Crippen molar-refractivity contribution >= 4 is 5.69 Å². The number of alkyl halides is 3. The molecule has 0 aliphatic carbocycles. The molecule has 1 aromatic carbocycles. The van der Waals surface area contributed by atoms with E-state index in [2.05, 4.69) is 0 Å². The largest absolute Gasteiger partial charge is 0.416 e. The van der Waals surface area contributed by atoms with Gasteiger partial charge in [-0.1, -0.05) is 6.07 Å².